The molecule has 0 amide bonds. The molecule has 1 fully saturated rings. The van der Waals surface area contributed by atoms with Crippen LogP contribution in [0.3, 0.4) is 0 Å². The second-order valence-electron chi connectivity index (χ2n) is 3.17. The predicted octanol–water partition coefficient (Wildman–Crippen LogP) is 2.42. The van der Waals surface area contributed by atoms with E-state index in [0.717, 1.165) is 18.8 Å². The van der Waals surface area contributed by atoms with Crippen LogP contribution in [0, 0.1) is 5.82 Å². The molecule has 0 N–H and O–H groups in total. The Bertz CT molecular complexity index is 254. The summed E-state index contributed by atoms with van der Waals surface area (Å²) in [6, 6.07) is 6.74. The zero-order valence-corrected chi connectivity index (χ0v) is 9.55. The van der Waals surface area contributed by atoms with Crippen LogP contribution in [0.2, 0.25) is 0 Å². The quantitative estimate of drug-likeness (QED) is 0.744. The van der Waals surface area contributed by atoms with Gasteiger partial charge in [0.25, 0.3) is 0 Å². The van der Waals surface area contributed by atoms with Gasteiger partial charge < -0.3 is 4.90 Å². The Balaban J connectivity index is 0.000000845. The Morgan fingerprint density at radius 2 is 1.54 bits per heavy atom. The monoisotopic (exact) mass is 360 g/mol. The minimum atomic E-state index is -0.155. The number of rotatable bonds is 1. The molecule has 0 aliphatic carbocycles. The Hall–Kier alpha value is -0.362. The van der Waals surface area contributed by atoms with Crippen molar-refractivity contribution in [3.63, 3.8) is 0 Å². The fourth-order valence-corrected chi connectivity index (χ4v) is 1.63. The smallest absolute Gasteiger partial charge is 0.123 e. The van der Waals surface area contributed by atoms with Crippen molar-refractivity contribution in [2.75, 3.05) is 18.0 Å². The molecule has 74 valence electrons. The van der Waals surface area contributed by atoms with Gasteiger partial charge in [0.2, 0.25) is 0 Å². The van der Waals surface area contributed by atoms with Gasteiger partial charge in [0.05, 0.1) is 0 Å². The van der Waals surface area contributed by atoms with Gasteiger partial charge in [-0.1, -0.05) is 0 Å². The second kappa shape index (κ2) is 4.76. The van der Waals surface area contributed by atoms with E-state index in [9.17, 15) is 4.39 Å². The van der Waals surface area contributed by atoms with Gasteiger partial charge >= 0.3 is 0 Å². The minimum Gasteiger partial charge on any atom is -0.372 e. The van der Waals surface area contributed by atoms with E-state index >= 15 is 0 Å². The number of hydrogen-bond donors (Lipinski definition) is 0. The average molecular weight is 360 g/mol. The molecule has 0 aromatic heterocycles. The maximum Gasteiger partial charge on any atom is 0.123 e. The third kappa shape index (κ3) is 2.54. The first kappa shape index (κ1) is 10.7. The van der Waals surface area contributed by atoms with Crippen molar-refractivity contribution in [1.82, 2.24) is 0 Å². The van der Waals surface area contributed by atoms with E-state index in [1.54, 1.807) is 0 Å². The van der Waals surface area contributed by atoms with Crippen molar-refractivity contribution in [2.24, 2.45) is 0 Å². The molecule has 1 heterocycles. The van der Waals surface area contributed by atoms with Crippen LogP contribution in [0.15, 0.2) is 24.3 Å². The average Bonchev–Trinajstić information content (AvgIpc) is 2.58. The Morgan fingerprint density at radius 3 is 2.08 bits per heavy atom. The molecule has 1 aliphatic rings. The summed E-state index contributed by atoms with van der Waals surface area (Å²) in [7, 11) is 0. The second-order valence-corrected chi connectivity index (χ2v) is 3.17. The zero-order chi connectivity index (χ0) is 8.39. The Labute approximate surface area is 92.2 Å². The third-order valence-electron chi connectivity index (χ3n) is 2.30. The van der Waals surface area contributed by atoms with E-state index in [4.69, 9.17) is 0 Å². The molecule has 0 radical (unpaired) electrons. The molecule has 13 heavy (non-hydrogen) atoms. The molecular formula is C10H12FNPt. The van der Waals surface area contributed by atoms with Crippen LogP contribution in [0.4, 0.5) is 10.1 Å². The van der Waals surface area contributed by atoms with Crippen LogP contribution in [-0.4, -0.2) is 13.1 Å². The number of nitrogens with zero attached hydrogens (tertiary/aromatic N) is 1. The molecule has 1 nitrogen and oxygen atoms in total. The predicted molar refractivity (Wildman–Crippen MR) is 47.8 cm³/mol. The summed E-state index contributed by atoms with van der Waals surface area (Å²) in [6.45, 7) is 2.23. The summed E-state index contributed by atoms with van der Waals surface area (Å²) in [4.78, 5) is 2.29. The SMILES string of the molecule is Fc1ccc(N2CCCC2)cc1.[Pt]. The molecule has 0 saturated carbocycles. The van der Waals surface area contributed by atoms with Crippen molar-refractivity contribution in [2.45, 2.75) is 12.8 Å². The summed E-state index contributed by atoms with van der Waals surface area (Å²) in [5, 5.41) is 0. The van der Waals surface area contributed by atoms with E-state index in [1.165, 1.54) is 25.0 Å². The van der Waals surface area contributed by atoms with Crippen molar-refractivity contribution >= 4 is 5.69 Å². The molecule has 0 bridgehead atoms. The van der Waals surface area contributed by atoms with Gasteiger partial charge in [-0.2, -0.15) is 0 Å². The molecule has 1 aliphatic heterocycles. The first-order valence-corrected chi connectivity index (χ1v) is 4.37. The van der Waals surface area contributed by atoms with Gasteiger partial charge in [0.1, 0.15) is 5.82 Å². The molecule has 3 heteroatoms. The maximum absolute atomic E-state index is 12.6. The number of anilines is 1. The van der Waals surface area contributed by atoms with E-state index in [-0.39, 0.29) is 26.9 Å². The zero-order valence-electron chi connectivity index (χ0n) is 7.28. The number of halogens is 1. The number of hydrogen-bond acceptors (Lipinski definition) is 1. The normalized spacial score (nSPS) is 15.6. The van der Waals surface area contributed by atoms with E-state index in [1.807, 2.05) is 12.1 Å². The topological polar surface area (TPSA) is 3.24 Å². The summed E-state index contributed by atoms with van der Waals surface area (Å²) in [5.41, 5.74) is 1.15. The fourth-order valence-electron chi connectivity index (χ4n) is 1.63. The van der Waals surface area contributed by atoms with Gasteiger partial charge in [0.15, 0.2) is 0 Å². The van der Waals surface area contributed by atoms with Gasteiger partial charge in [-0.15, -0.1) is 0 Å². The first-order chi connectivity index (χ1) is 5.86. The molecule has 1 saturated heterocycles. The van der Waals surface area contributed by atoms with E-state index in [0.29, 0.717) is 0 Å². The van der Waals surface area contributed by atoms with Crippen molar-refractivity contribution in [3.8, 4) is 0 Å². The van der Waals surface area contributed by atoms with Crippen LogP contribution in [-0.2, 0) is 21.1 Å². The Morgan fingerprint density at radius 1 is 1.00 bits per heavy atom. The third-order valence-corrected chi connectivity index (χ3v) is 2.30. The van der Waals surface area contributed by atoms with Crippen molar-refractivity contribution in [3.05, 3.63) is 30.1 Å². The van der Waals surface area contributed by atoms with Crippen molar-refractivity contribution in [1.29, 1.82) is 0 Å². The molecule has 0 unspecified atom stereocenters. The van der Waals surface area contributed by atoms with E-state index < -0.39 is 0 Å². The Kier molecular flexibility index (Phi) is 3.92. The summed E-state index contributed by atoms with van der Waals surface area (Å²) >= 11 is 0. The fraction of sp³-hybridized carbons (Fsp3) is 0.400. The summed E-state index contributed by atoms with van der Waals surface area (Å²) in [5.74, 6) is -0.155. The number of benzene rings is 1. The van der Waals surface area contributed by atoms with Crippen LogP contribution < -0.4 is 4.90 Å². The summed E-state index contributed by atoms with van der Waals surface area (Å²) < 4.78 is 12.6. The molecule has 1 aromatic carbocycles. The van der Waals surface area contributed by atoms with Crippen LogP contribution in [0.5, 0.6) is 0 Å². The molecule has 2 rings (SSSR count). The minimum absolute atomic E-state index is 0. The van der Waals surface area contributed by atoms with Crippen LogP contribution >= 0.6 is 0 Å². The van der Waals surface area contributed by atoms with Gasteiger partial charge in [0, 0.05) is 39.8 Å². The standard InChI is InChI=1S/C10H12FN.Pt/c11-9-3-5-10(6-4-9)12-7-1-2-8-12;/h3-6H,1-2,7-8H2;. The van der Waals surface area contributed by atoms with E-state index in [2.05, 4.69) is 4.90 Å². The summed E-state index contributed by atoms with van der Waals surface area (Å²) in [6.07, 6.45) is 2.52. The first-order valence-electron chi connectivity index (χ1n) is 4.37. The molecule has 0 atom stereocenters. The largest absolute Gasteiger partial charge is 0.372 e. The molecular weight excluding hydrogens is 348 g/mol. The van der Waals surface area contributed by atoms with Crippen LogP contribution in [0.25, 0.3) is 0 Å². The van der Waals surface area contributed by atoms with Gasteiger partial charge in [-0.3, -0.25) is 0 Å². The molecule has 1 aromatic rings. The van der Waals surface area contributed by atoms with Crippen LogP contribution in [0.1, 0.15) is 12.8 Å². The molecule has 0 spiro atoms. The maximum atomic E-state index is 12.6. The van der Waals surface area contributed by atoms with Gasteiger partial charge in [-0.25, -0.2) is 4.39 Å². The van der Waals surface area contributed by atoms with Gasteiger partial charge in [-0.05, 0) is 37.1 Å². The van der Waals surface area contributed by atoms with Crippen molar-refractivity contribution < 1.29 is 25.5 Å².